The van der Waals surface area contributed by atoms with Crippen LogP contribution in [0, 0.1) is 5.82 Å². The molecule has 0 heterocycles. The Balaban J connectivity index is 2.04. The Kier molecular flexibility index (Phi) is 5.74. The topological polar surface area (TPSA) is 64.3 Å². The highest BCUT2D eigenvalue weighted by atomic mass is 19.1. The third kappa shape index (κ3) is 4.85. The van der Waals surface area contributed by atoms with Crippen molar-refractivity contribution in [3.63, 3.8) is 0 Å². The zero-order chi connectivity index (χ0) is 16.7. The van der Waals surface area contributed by atoms with E-state index < -0.39 is 5.82 Å². The predicted octanol–water partition coefficient (Wildman–Crippen LogP) is 3.85. The fraction of sp³-hybridized carbons (Fsp3) is 0.167. The van der Waals surface area contributed by atoms with Crippen molar-refractivity contribution in [1.82, 2.24) is 0 Å². The molecule has 2 aromatic carbocycles. The van der Waals surface area contributed by atoms with Gasteiger partial charge in [0.15, 0.2) is 0 Å². The predicted molar refractivity (Wildman–Crippen MR) is 90.7 cm³/mol. The van der Waals surface area contributed by atoms with Crippen LogP contribution in [0.25, 0.3) is 6.08 Å². The molecule has 4 nitrogen and oxygen atoms in total. The van der Waals surface area contributed by atoms with E-state index in [4.69, 9.17) is 10.5 Å². The molecular weight excluding hydrogens is 295 g/mol. The van der Waals surface area contributed by atoms with Gasteiger partial charge in [0.1, 0.15) is 11.6 Å². The molecule has 0 saturated carbocycles. The minimum atomic E-state index is -0.565. The van der Waals surface area contributed by atoms with Crippen LogP contribution in [-0.4, -0.2) is 12.5 Å². The van der Waals surface area contributed by atoms with E-state index >= 15 is 0 Å². The van der Waals surface area contributed by atoms with Gasteiger partial charge >= 0.3 is 0 Å². The summed E-state index contributed by atoms with van der Waals surface area (Å²) in [6, 6.07) is 11.6. The standard InChI is InChI=1S/C18H19FN2O2/c1-2-11-23-17-6-4-3-5-13(17)7-10-18(22)21-14-8-9-16(20)15(19)12-14/h3-10,12H,2,11,20H2,1H3,(H,21,22)/b10-7+. The molecule has 0 atom stereocenters. The zero-order valence-corrected chi connectivity index (χ0v) is 12.9. The first-order valence-corrected chi connectivity index (χ1v) is 7.36. The molecule has 0 aromatic heterocycles. The van der Waals surface area contributed by atoms with E-state index in [0.29, 0.717) is 12.3 Å². The second-order valence-electron chi connectivity index (χ2n) is 4.95. The number of carbonyl (C=O) groups is 1. The molecule has 0 saturated heterocycles. The van der Waals surface area contributed by atoms with Crippen molar-refractivity contribution in [2.45, 2.75) is 13.3 Å². The number of para-hydroxylation sites is 1. The number of ether oxygens (including phenoxy) is 1. The van der Waals surface area contributed by atoms with Crippen LogP contribution < -0.4 is 15.8 Å². The van der Waals surface area contributed by atoms with Gasteiger partial charge in [-0.15, -0.1) is 0 Å². The molecule has 120 valence electrons. The maximum Gasteiger partial charge on any atom is 0.248 e. The number of benzene rings is 2. The number of rotatable bonds is 6. The number of hydrogen-bond acceptors (Lipinski definition) is 3. The normalized spacial score (nSPS) is 10.7. The van der Waals surface area contributed by atoms with E-state index in [9.17, 15) is 9.18 Å². The summed E-state index contributed by atoms with van der Waals surface area (Å²) in [7, 11) is 0. The average Bonchev–Trinajstić information content (AvgIpc) is 2.55. The van der Waals surface area contributed by atoms with Gasteiger partial charge in [-0.25, -0.2) is 4.39 Å². The number of amides is 1. The fourth-order valence-corrected chi connectivity index (χ4v) is 1.92. The van der Waals surface area contributed by atoms with E-state index in [1.165, 1.54) is 18.2 Å². The van der Waals surface area contributed by atoms with Gasteiger partial charge in [-0.1, -0.05) is 25.1 Å². The molecule has 0 fully saturated rings. The van der Waals surface area contributed by atoms with Gasteiger partial charge in [-0.3, -0.25) is 4.79 Å². The molecule has 2 aromatic rings. The van der Waals surface area contributed by atoms with Crippen molar-refractivity contribution < 1.29 is 13.9 Å². The van der Waals surface area contributed by atoms with Crippen LogP contribution in [0.15, 0.2) is 48.5 Å². The molecule has 0 unspecified atom stereocenters. The third-order valence-corrected chi connectivity index (χ3v) is 3.06. The highest BCUT2D eigenvalue weighted by molar-refractivity contribution is 6.02. The lowest BCUT2D eigenvalue weighted by atomic mass is 10.2. The zero-order valence-electron chi connectivity index (χ0n) is 12.9. The molecule has 0 aliphatic carbocycles. The van der Waals surface area contributed by atoms with E-state index in [1.54, 1.807) is 12.1 Å². The summed E-state index contributed by atoms with van der Waals surface area (Å²) >= 11 is 0. The monoisotopic (exact) mass is 314 g/mol. The smallest absolute Gasteiger partial charge is 0.248 e. The van der Waals surface area contributed by atoms with Crippen molar-refractivity contribution in [2.75, 3.05) is 17.7 Å². The minimum absolute atomic E-state index is 0.0422. The highest BCUT2D eigenvalue weighted by Crippen LogP contribution is 2.20. The Morgan fingerprint density at radius 1 is 1.30 bits per heavy atom. The Morgan fingerprint density at radius 2 is 2.09 bits per heavy atom. The first-order valence-electron chi connectivity index (χ1n) is 7.36. The molecule has 3 N–H and O–H groups in total. The van der Waals surface area contributed by atoms with Crippen LogP contribution in [0.2, 0.25) is 0 Å². The van der Waals surface area contributed by atoms with Crippen molar-refractivity contribution >= 4 is 23.4 Å². The lowest BCUT2D eigenvalue weighted by molar-refractivity contribution is -0.111. The van der Waals surface area contributed by atoms with Gasteiger partial charge in [0.05, 0.1) is 12.3 Å². The van der Waals surface area contributed by atoms with Crippen LogP contribution in [0.1, 0.15) is 18.9 Å². The average molecular weight is 314 g/mol. The van der Waals surface area contributed by atoms with Crippen molar-refractivity contribution in [3.8, 4) is 5.75 Å². The largest absolute Gasteiger partial charge is 0.493 e. The first kappa shape index (κ1) is 16.5. The minimum Gasteiger partial charge on any atom is -0.493 e. The highest BCUT2D eigenvalue weighted by Gasteiger charge is 2.03. The van der Waals surface area contributed by atoms with E-state index in [0.717, 1.165) is 17.7 Å². The molecule has 2 rings (SSSR count). The quantitative estimate of drug-likeness (QED) is 0.629. The van der Waals surface area contributed by atoms with Gasteiger partial charge in [-0.05, 0) is 36.8 Å². The van der Waals surface area contributed by atoms with E-state index in [2.05, 4.69) is 5.32 Å². The van der Waals surface area contributed by atoms with Crippen molar-refractivity contribution in [3.05, 3.63) is 59.9 Å². The number of hydrogen-bond donors (Lipinski definition) is 2. The molecular formula is C18H19FN2O2. The van der Waals surface area contributed by atoms with Gasteiger partial charge < -0.3 is 15.8 Å². The Hall–Kier alpha value is -2.82. The summed E-state index contributed by atoms with van der Waals surface area (Å²) in [6.07, 6.45) is 3.94. The molecule has 0 spiro atoms. The van der Waals surface area contributed by atoms with E-state index in [-0.39, 0.29) is 11.6 Å². The summed E-state index contributed by atoms with van der Waals surface area (Å²) in [4.78, 5) is 11.9. The lowest BCUT2D eigenvalue weighted by Crippen LogP contribution is -2.08. The number of anilines is 2. The summed E-state index contributed by atoms with van der Waals surface area (Å²) < 4.78 is 19.0. The van der Waals surface area contributed by atoms with Crippen molar-refractivity contribution in [1.29, 1.82) is 0 Å². The van der Waals surface area contributed by atoms with Crippen LogP contribution in [0.5, 0.6) is 5.75 Å². The molecule has 0 aliphatic heterocycles. The van der Waals surface area contributed by atoms with Crippen LogP contribution in [0.4, 0.5) is 15.8 Å². The molecule has 0 bridgehead atoms. The SMILES string of the molecule is CCCOc1ccccc1/C=C/C(=O)Nc1ccc(N)c(F)c1. The molecule has 23 heavy (non-hydrogen) atoms. The first-order chi connectivity index (χ1) is 11.1. The number of nitrogens with one attached hydrogen (secondary N) is 1. The van der Waals surface area contributed by atoms with E-state index in [1.807, 2.05) is 31.2 Å². The maximum atomic E-state index is 13.3. The molecule has 5 heteroatoms. The lowest BCUT2D eigenvalue weighted by Gasteiger charge is -2.07. The third-order valence-electron chi connectivity index (χ3n) is 3.06. The Labute approximate surface area is 134 Å². The number of nitrogen functional groups attached to an aromatic ring is 1. The summed E-state index contributed by atoms with van der Waals surface area (Å²) in [5, 5.41) is 2.58. The van der Waals surface area contributed by atoms with Crippen molar-refractivity contribution in [2.24, 2.45) is 0 Å². The van der Waals surface area contributed by atoms with Gasteiger partial charge in [-0.2, -0.15) is 0 Å². The fourth-order valence-electron chi connectivity index (χ4n) is 1.92. The second kappa shape index (κ2) is 7.98. The van der Waals surface area contributed by atoms with Crippen LogP contribution in [-0.2, 0) is 4.79 Å². The molecule has 0 aliphatic rings. The Bertz CT molecular complexity index is 714. The maximum absolute atomic E-state index is 13.3. The molecule has 0 radical (unpaired) electrons. The Morgan fingerprint density at radius 3 is 2.83 bits per heavy atom. The number of nitrogens with two attached hydrogens (primary N) is 1. The van der Waals surface area contributed by atoms with Gasteiger partial charge in [0.25, 0.3) is 0 Å². The number of carbonyl (C=O) groups excluding carboxylic acids is 1. The van der Waals surface area contributed by atoms with Gasteiger partial charge in [0, 0.05) is 17.3 Å². The summed E-state index contributed by atoms with van der Waals surface area (Å²) in [6.45, 7) is 2.64. The van der Waals surface area contributed by atoms with Crippen LogP contribution >= 0.6 is 0 Å². The van der Waals surface area contributed by atoms with Crippen LogP contribution in [0.3, 0.4) is 0 Å². The summed E-state index contributed by atoms with van der Waals surface area (Å²) in [5.74, 6) is -0.207. The second-order valence-corrected chi connectivity index (χ2v) is 4.95. The summed E-state index contributed by atoms with van der Waals surface area (Å²) in [5.41, 5.74) is 6.59. The molecule has 1 amide bonds. The van der Waals surface area contributed by atoms with Gasteiger partial charge in [0.2, 0.25) is 5.91 Å². The number of halogens is 1.